The van der Waals surface area contributed by atoms with Crippen LogP contribution in [0.5, 0.6) is 11.5 Å². The molecule has 0 bridgehead atoms. The van der Waals surface area contributed by atoms with Gasteiger partial charge in [0.2, 0.25) is 6.79 Å². The third kappa shape index (κ3) is 2.87. The maximum absolute atomic E-state index is 11.4. The molecule has 0 radical (unpaired) electrons. The summed E-state index contributed by atoms with van der Waals surface area (Å²) in [7, 11) is 0. The number of ether oxygens (including phenoxy) is 2. The molecule has 0 fully saturated rings. The van der Waals surface area contributed by atoms with Crippen molar-refractivity contribution in [1.29, 1.82) is 0 Å². The minimum atomic E-state index is -1.02. The number of hydrogen-bond donors (Lipinski definition) is 1. The van der Waals surface area contributed by atoms with Gasteiger partial charge in [-0.3, -0.25) is 0 Å². The van der Waals surface area contributed by atoms with Gasteiger partial charge in [0.15, 0.2) is 11.5 Å². The standard InChI is InChI=1S/C16H10O4.C6H4/c1-2-10-4-3-5-12(16(17)18)15(10)11-6-7-13-14(8-11)20-9-19-13;1-2-5-4-6(5)3-1/h1,3-8H,9H2,(H,17,18);1-4H. The van der Waals surface area contributed by atoms with E-state index in [4.69, 9.17) is 15.9 Å². The Labute approximate surface area is 150 Å². The average molecular weight is 342 g/mol. The molecular formula is C22H14O4. The summed E-state index contributed by atoms with van der Waals surface area (Å²) in [5.74, 6) is 2.73. The van der Waals surface area contributed by atoms with Gasteiger partial charge in [0.1, 0.15) is 0 Å². The van der Waals surface area contributed by atoms with Crippen LogP contribution < -0.4 is 9.47 Å². The van der Waals surface area contributed by atoms with Crippen LogP contribution in [0.4, 0.5) is 0 Å². The second-order valence-electron chi connectivity index (χ2n) is 5.83. The van der Waals surface area contributed by atoms with Crippen molar-refractivity contribution >= 4 is 5.97 Å². The van der Waals surface area contributed by atoms with E-state index in [2.05, 4.69) is 30.2 Å². The first-order valence-corrected chi connectivity index (χ1v) is 8.01. The summed E-state index contributed by atoms with van der Waals surface area (Å²) >= 11 is 0. The SMILES string of the molecule is C#Cc1cccc(C(=O)O)c1-c1ccc2c(c1)OCO2.c1cc2cc-2c1. The van der Waals surface area contributed by atoms with Crippen LogP contribution >= 0.6 is 0 Å². The lowest BCUT2D eigenvalue weighted by atomic mass is 9.94. The van der Waals surface area contributed by atoms with Crippen molar-refractivity contribution in [3.05, 3.63) is 71.8 Å². The Hall–Kier alpha value is -3.71. The van der Waals surface area contributed by atoms with E-state index in [1.807, 2.05) is 0 Å². The molecule has 0 aromatic heterocycles. The predicted molar refractivity (Wildman–Crippen MR) is 98.3 cm³/mol. The molecule has 0 spiro atoms. The Bertz CT molecular complexity index is 1040. The molecule has 0 saturated carbocycles. The smallest absolute Gasteiger partial charge is 0.336 e. The van der Waals surface area contributed by atoms with Gasteiger partial charge in [-0.1, -0.05) is 36.3 Å². The topological polar surface area (TPSA) is 55.8 Å². The van der Waals surface area contributed by atoms with Crippen LogP contribution in [-0.2, 0) is 0 Å². The summed E-state index contributed by atoms with van der Waals surface area (Å²) in [6.45, 7) is 0.168. The molecule has 4 nitrogen and oxygen atoms in total. The fourth-order valence-electron chi connectivity index (χ4n) is 2.89. The van der Waals surface area contributed by atoms with Gasteiger partial charge in [-0.05, 0) is 47.0 Å². The fourth-order valence-corrected chi connectivity index (χ4v) is 2.89. The van der Waals surface area contributed by atoms with Gasteiger partial charge in [-0.2, -0.15) is 0 Å². The van der Waals surface area contributed by atoms with Crippen LogP contribution in [0, 0.1) is 12.3 Å². The second-order valence-corrected chi connectivity index (χ2v) is 5.83. The van der Waals surface area contributed by atoms with E-state index in [1.165, 1.54) is 17.2 Å². The summed E-state index contributed by atoms with van der Waals surface area (Å²) in [4.78, 5) is 11.4. The van der Waals surface area contributed by atoms with Gasteiger partial charge in [0.05, 0.1) is 5.56 Å². The number of terminal acetylenes is 1. The highest BCUT2D eigenvalue weighted by molar-refractivity contribution is 5.98. The number of rotatable bonds is 2. The lowest BCUT2D eigenvalue weighted by molar-refractivity contribution is 0.0697. The molecule has 1 heterocycles. The molecular weight excluding hydrogens is 328 g/mol. The largest absolute Gasteiger partial charge is 0.478 e. The molecule has 0 unspecified atom stereocenters. The molecule has 126 valence electrons. The Morgan fingerprint density at radius 2 is 1.65 bits per heavy atom. The zero-order chi connectivity index (χ0) is 18.1. The van der Waals surface area contributed by atoms with Gasteiger partial charge in [0, 0.05) is 11.1 Å². The van der Waals surface area contributed by atoms with E-state index in [0.29, 0.717) is 28.2 Å². The minimum Gasteiger partial charge on any atom is -0.478 e. The highest BCUT2D eigenvalue weighted by Crippen LogP contribution is 2.38. The quantitative estimate of drug-likeness (QED) is 0.548. The number of hydrogen-bond acceptors (Lipinski definition) is 3. The van der Waals surface area contributed by atoms with Crippen LogP contribution in [0.2, 0.25) is 0 Å². The number of carbonyl (C=O) groups is 1. The third-order valence-corrected chi connectivity index (χ3v) is 4.22. The molecule has 3 aliphatic rings. The van der Waals surface area contributed by atoms with Crippen LogP contribution in [0.1, 0.15) is 15.9 Å². The van der Waals surface area contributed by atoms with Crippen LogP contribution in [0.15, 0.2) is 60.7 Å². The highest BCUT2D eigenvalue weighted by atomic mass is 16.7. The van der Waals surface area contributed by atoms with E-state index >= 15 is 0 Å². The van der Waals surface area contributed by atoms with E-state index < -0.39 is 5.97 Å². The lowest BCUT2D eigenvalue weighted by Crippen LogP contribution is -2.01. The molecule has 0 saturated heterocycles. The first-order chi connectivity index (χ1) is 12.7. The minimum absolute atomic E-state index is 0.166. The van der Waals surface area contributed by atoms with Crippen molar-refractivity contribution in [2.45, 2.75) is 0 Å². The van der Waals surface area contributed by atoms with Crippen LogP contribution in [0.3, 0.4) is 0 Å². The Morgan fingerprint density at radius 3 is 2.27 bits per heavy atom. The second kappa shape index (κ2) is 6.30. The third-order valence-electron chi connectivity index (χ3n) is 4.22. The van der Waals surface area contributed by atoms with Gasteiger partial charge in [0.25, 0.3) is 0 Å². The normalized spacial score (nSPS) is 11.8. The first-order valence-electron chi connectivity index (χ1n) is 8.01. The van der Waals surface area contributed by atoms with Crippen molar-refractivity contribution in [2.24, 2.45) is 0 Å². The maximum Gasteiger partial charge on any atom is 0.336 e. The molecule has 1 aliphatic heterocycles. The van der Waals surface area contributed by atoms with E-state index in [0.717, 1.165) is 0 Å². The predicted octanol–water partition coefficient (Wildman–Crippen LogP) is 4.43. The molecule has 1 N–H and O–H groups in total. The van der Waals surface area contributed by atoms with Crippen LogP contribution in [-0.4, -0.2) is 17.9 Å². The Balaban J connectivity index is 0.000000233. The van der Waals surface area contributed by atoms with Crippen molar-refractivity contribution < 1.29 is 19.4 Å². The van der Waals surface area contributed by atoms with E-state index in [1.54, 1.807) is 30.3 Å². The summed E-state index contributed by atoms with van der Waals surface area (Å²) in [6.07, 6.45) is 5.47. The molecule has 2 aromatic carbocycles. The molecule has 0 amide bonds. The van der Waals surface area contributed by atoms with Gasteiger partial charge >= 0.3 is 5.97 Å². The average Bonchev–Trinajstić information content (AvgIpc) is 3.06. The van der Waals surface area contributed by atoms with Crippen molar-refractivity contribution in [2.75, 3.05) is 6.79 Å². The van der Waals surface area contributed by atoms with Crippen molar-refractivity contribution in [1.82, 2.24) is 0 Å². The molecule has 26 heavy (non-hydrogen) atoms. The van der Waals surface area contributed by atoms with E-state index in [-0.39, 0.29) is 12.4 Å². The van der Waals surface area contributed by atoms with Gasteiger partial charge in [-0.25, -0.2) is 4.79 Å². The maximum atomic E-state index is 11.4. The first kappa shape index (κ1) is 15.8. The van der Waals surface area contributed by atoms with E-state index in [9.17, 15) is 9.90 Å². The molecule has 4 heteroatoms. The number of carboxylic acids is 1. The molecule has 2 aliphatic carbocycles. The highest BCUT2D eigenvalue weighted by Gasteiger charge is 2.19. The van der Waals surface area contributed by atoms with Crippen molar-refractivity contribution in [3.63, 3.8) is 0 Å². The number of fused-ring (bicyclic) bond motifs is 2. The molecule has 0 atom stereocenters. The monoisotopic (exact) mass is 342 g/mol. The summed E-state index contributed by atoms with van der Waals surface area (Å²) in [6, 6.07) is 18.6. The number of aromatic carboxylic acids is 1. The number of benzene rings is 3. The Kier molecular flexibility index (Phi) is 3.83. The van der Waals surface area contributed by atoms with Crippen LogP contribution in [0.25, 0.3) is 22.3 Å². The van der Waals surface area contributed by atoms with Gasteiger partial charge in [-0.15, -0.1) is 6.42 Å². The summed E-state index contributed by atoms with van der Waals surface area (Å²) < 4.78 is 10.6. The zero-order valence-electron chi connectivity index (χ0n) is 13.7. The lowest BCUT2D eigenvalue weighted by Gasteiger charge is -2.10. The molecule has 5 rings (SSSR count). The summed E-state index contributed by atoms with van der Waals surface area (Å²) in [5, 5.41) is 9.32. The van der Waals surface area contributed by atoms with Gasteiger partial charge < -0.3 is 14.6 Å². The summed E-state index contributed by atoms with van der Waals surface area (Å²) in [5.41, 5.74) is 4.76. The number of carboxylic acid groups (broad SMARTS) is 1. The fraction of sp³-hybridized carbons (Fsp3) is 0.0455. The van der Waals surface area contributed by atoms with Crippen molar-refractivity contribution in [3.8, 4) is 46.1 Å². The Morgan fingerprint density at radius 1 is 0.923 bits per heavy atom. The zero-order valence-corrected chi connectivity index (χ0v) is 13.7. The molecule has 2 aromatic rings.